The lowest BCUT2D eigenvalue weighted by molar-refractivity contribution is -0.130. The van der Waals surface area contributed by atoms with E-state index in [2.05, 4.69) is 10.2 Å². The van der Waals surface area contributed by atoms with Gasteiger partial charge in [-0.3, -0.25) is 4.79 Å². The fourth-order valence-corrected chi connectivity index (χ4v) is 3.69. The van der Waals surface area contributed by atoms with Gasteiger partial charge in [-0.2, -0.15) is 0 Å². The molecule has 156 valence electrons. The molecule has 27 heavy (non-hydrogen) atoms. The fourth-order valence-electron chi connectivity index (χ4n) is 3.69. The van der Waals surface area contributed by atoms with E-state index in [1.54, 1.807) is 14.2 Å². The number of carbonyl (C=O) groups excluding carboxylic acids is 1. The van der Waals surface area contributed by atoms with Crippen LogP contribution in [-0.2, 0) is 28.5 Å². The van der Waals surface area contributed by atoms with Gasteiger partial charge in [-0.1, -0.05) is 6.42 Å². The normalized spacial score (nSPS) is 29.1. The maximum Gasteiger partial charge on any atom is 0.246 e. The van der Waals surface area contributed by atoms with E-state index in [-0.39, 0.29) is 36.8 Å². The zero-order chi connectivity index (χ0) is 19.5. The minimum Gasteiger partial charge on any atom is -0.382 e. The summed E-state index contributed by atoms with van der Waals surface area (Å²) in [5.41, 5.74) is 0. The quantitative estimate of drug-likeness (QED) is 0.341. The average molecular weight is 386 g/mol. The first-order chi connectivity index (χ1) is 13.2. The van der Waals surface area contributed by atoms with Gasteiger partial charge in [0.2, 0.25) is 5.91 Å². The number of amides is 1. The average Bonchev–Trinajstić information content (AvgIpc) is 2.98. The molecular weight excluding hydrogens is 351 g/mol. The number of hydrogen-bond acceptors (Lipinski definition) is 7. The van der Waals surface area contributed by atoms with Gasteiger partial charge in [0, 0.05) is 27.3 Å². The maximum atomic E-state index is 12.0. The first kappa shape index (κ1) is 22.6. The molecule has 1 amide bonds. The highest BCUT2D eigenvalue weighted by Gasteiger charge is 2.43. The maximum absolute atomic E-state index is 12.0. The smallest absolute Gasteiger partial charge is 0.246 e. The number of likely N-dealkylation sites (tertiary alicyclic amines) is 1. The molecule has 0 bridgehead atoms. The number of piperidine rings is 1. The van der Waals surface area contributed by atoms with E-state index in [1.807, 2.05) is 7.85 Å². The van der Waals surface area contributed by atoms with Crippen molar-refractivity contribution in [1.82, 2.24) is 10.2 Å². The summed E-state index contributed by atoms with van der Waals surface area (Å²) in [6, 6.07) is -0.152. The molecule has 9 heteroatoms. The lowest BCUT2D eigenvalue weighted by Crippen LogP contribution is -2.41. The minimum atomic E-state index is -0.290. The Bertz CT molecular complexity index is 425. The molecule has 2 aliphatic rings. The van der Waals surface area contributed by atoms with E-state index in [1.165, 1.54) is 32.4 Å². The monoisotopic (exact) mass is 386 g/mol. The van der Waals surface area contributed by atoms with Crippen LogP contribution >= 0.6 is 0 Å². The highest BCUT2D eigenvalue weighted by molar-refractivity contribution is 6.11. The molecule has 2 aliphatic heterocycles. The summed E-state index contributed by atoms with van der Waals surface area (Å²) >= 11 is 0. The molecule has 0 saturated carbocycles. The van der Waals surface area contributed by atoms with E-state index in [0.717, 1.165) is 6.54 Å². The summed E-state index contributed by atoms with van der Waals surface area (Å²) in [6.07, 6.45) is 3.20. The SMILES string of the molecule is B[C@@H]1O[C@H](COC)C(OC)[C@@H]1OCC(=O)NCCOCCN1CCCCC1. The third kappa shape index (κ3) is 7.67. The van der Waals surface area contributed by atoms with Crippen molar-refractivity contribution in [3.05, 3.63) is 0 Å². The molecule has 0 aromatic heterocycles. The second-order valence-electron chi connectivity index (χ2n) is 7.18. The Morgan fingerprint density at radius 1 is 1.19 bits per heavy atom. The summed E-state index contributed by atoms with van der Waals surface area (Å²) in [5.74, 6) is -0.160. The van der Waals surface area contributed by atoms with Gasteiger partial charge in [0.25, 0.3) is 0 Å². The van der Waals surface area contributed by atoms with Crippen molar-refractivity contribution in [2.75, 3.05) is 66.8 Å². The Labute approximate surface area is 163 Å². The second kappa shape index (κ2) is 12.7. The molecular formula is C18H35BN2O6. The number of carbonyl (C=O) groups is 1. The number of nitrogens with one attached hydrogen (secondary N) is 1. The molecule has 2 rings (SSSR count). The first-order valence-corrected chi connectivity index (χ1v) is 10.0. The van der Waals surface area contributed by atoms with Gasteiger partial charge in [-0.05, 0) is 25.9 Å². The van der Waals surface area contributed by atoms with Gasteiger partial charge in [0.05, 0.1) is 25.8 Å². The third-order valence-electron chi connectivity index (χ3n) is 5.12. The number of rotatable bonds is 12. The van der Waals surface area contributed by atoms with Gasteiger partial charge in [0.1, 0.15) is 32.8 Å². The Hall–Kier alpha value is -0.705. The van der Waals surface area contributed by atoms with Crippen molar-refractivity contribution in [3.63, 3.8) is 0 Å². The van der Waals surface area contributed by atoms with Crippen molar-refractivity contribution < 1.29 is 28.5 Å². The predicted molar refractivity (Wildman–Crippen MR) is 104 cm³/mol. The zero-order valence-electron chi connectivity index (χ0n) is 17.0. The van der Waals surface area contributed by atoms with Crippen molar-refractivity contribution >= 4 is 13.8 Å². The van der Waals surface area contributed by atoms with Crippen LogP contribution in [-0.4, -0.2) is 110 Å². The van der Waals surface area contributed by atoms with Crippen LogP contribution in [0.4, 0.5) is 0 Å². The molecule has 2 saturated heterocycles. The van der Waals surface area contributed by atoms with Crippen LogP contribution in [0.25, 0.3) is 0 Å². The first-order valence-electron chi connectivity index (χ1n) is 10.0. The summed E-state index contributed by atoms with van der Waals surface area (Å²) < 4.78 is 27.8. The number of methoxy groups -OCH3 is 2. The predicted octanol–water partition coefficient (Wildman–Crippen LogP) is -0.990. The lowest BCUT2D eigenvalue weighted by Gasteiger charge is -2.26. The lowest BCUT2D eigenvalue weighted by atomic mass is 9.93. The Morgan fingerprint density at radius 3 is 2.67 bits per heavy atom. The number of ether oxygens (including phenoxy) is 5. The molecule has 2 heterocycles. The van der Waals surface area contributed by atoms with E-state index in [9.17, 15) is 4.79 Å². The molecule has 0 aliphatic carbocycles. The second-order valence-corrected chi connectivity index (χ2v) is 7.18. The topological polar surface area (TPSA) is 78.5 Å². The van der Waals surface area contributed by atoms with Crippen LogP contribution in [0, 0.1) is 0 Å². The highest BCUT2D eigenvalue weighted by atomic mass is 16.6. The van der Waals surface area contributed by atoms with Crippen molar-refractivity contribution in [2.24, 2.45) is 0 Å². The molecule has 8 nitrogen and oxygen atoms in total. The number of hydrogen-bond donors (Lipinski definition) is 1. The molecule has 4 atom stereocenters. The molecule has 1 N–H and O–H groups in total. The van der Waals surface area contributed by atoms with Crippen LogP contribution in [0.2, 0.25) is 0 Å². The van der Waals surface area contributed by atoms with Crippen LogP contribution < -0.4 is 5.32 Å². The van der Waals surface area contributed by atoms with E-state index in [0.29, 0.717) is 26.4 Å². The largest absolute Gasteiger partial charge is 0.382 e. The van der Waals surface area contributed by atoms with Gasteiger partial charge < -0.3 is 33.9 Å². The molecule has 0 radical (unpaired) electrons. The van der Waals surface area contributed by atoms with Gasteiger partial charge in [-0.25, -0.2) is 0 Å². The standard InChI is InChI=1S/C18H35BN2O6/c1-23-12-14-16(24-2)17(18(19)27-14)26-13-15(22)20-6-10-25-11-9-21-7-4-3-5-8-21/h14,16-18H,3-13,19H2,1-2H3,(H,20,22)/t14-,16?,17+,18-/m1/s1. The van der Waals surface area contributed by atoms with Gasteiger partial charge in [0.15, 0.2) is 0 Å². The molecule has 2 fully saturated rings. The highest BCUT2D eigenvalue weighted by Crippen LogP contribution is 2.24. The number of nitrogens with zero attached hydrogens (tertiary/aromatic N) is 1. The Balaban J connectivity index is 1.53. The zero-order valence-corrected chi connectivity index (χ0v) is 17.0. The minimum absolute atomic E-state index is 0.0221. The van der Waals surface area contributed by atoms with Crippen LogP contribution in [0.5, 0.6) is 0 Å². The summed E-state index contributed by atoms with van der Waals surface area (Å²) in [6.45, 7) is 5.44. The third-order valence-corrected chi connectivity index (χ3v) is 5.12. The molecule has 0 aromatic carbocycles. The molecule has 1 unspecified atom stereocenters. The fraction of sp³-hybridized carbons (Fsp3) is 0.944. The van der Waals surface area contributed by atoms with Crippen LogP contribution in [0.15, 0.2) is 0 Å². The summed E-state index contributed by atoms with van der Waals surface area (Å²) in [5, 5.41) is 2.82. The van der Waals surface area contributed by atoms with E-state index >= 15 is 0 Å². The van der Waals surface area contributed by atoms with Crippen molar-refractivity contribution in [1.29, 1.82) is 0 Å². The van der Waals surface area contributed by atoms with Crippen LogP contribution in [0.3, 0.4) is 0 Å². The van der Waals surface area contributed by atoms with Gasteiger partial charge in [-0.15, -0.1) is 0 Å². The molecule has 0 spiro atoms. The van der Waals surface area contributed by atoms with Gasteiger partial charge >= 0.3 is 0 Å². The van der Waals surface area contributed by atoms with E-state index in [4.69, 9.17) is 23.7 Å². The van der Waals surface area contributed by atoms with Crippen molar-refractivity contribution in [2.45, 2.75) is 43.6 Å². The summed E-state index contributed by atoms with van der Waals surface area (Å²) in [7, 11) is 5.16. The summed E-state index contributed by atoms with van der Waals surface area (Å²) in [4.78, 5) is 14.4. The van der Waals surface area contributed by atoms with Crippen molar-refractivity contribution in [3.8, 4) is 0 Å². The van der Waals surface area contributed by atoms with Crippen LogP contribution in [0.1, 0.15) is 19.3 Å². The Kier molecular flexibility index (Phi) is 10.6. The van der Waals surface area contributed by atoms with E-state index < -0.39 is 0 Å². The Morgan fingerprint density at radius 2 is 1.96 bits per heavy atom. The molecule has 0 aromatic rings.